The quantitative estimate of drug-likeness (QED) is 0.680. The summed E-state index contributed by atoms with van der Waals surface area (Å²) < 4.78 is 0. The van der Waals surface area contributed by atoms with E-state index < -0.39 is 0 Å². The van der Waals surface area contributed by atoms with Crippen molar-refractivity contribution in [3.05, 3.63) is 30.1 Å². The lowest BCUT2D eigenvalue weighted by atomic mass is 9.86. The maximum atomic E-state index is 4.44. The van der Waals surface area contributed by atoms with Gasteiger partial charge in [-0.2, -0.15) is 0 Å². The molecule has 1 fully saturated rings. The molecule has 0 saturated carbocycles. The molecule has 0 amide bonds. The van der Waals surface area contributed by atoms with Gasteiger partial charge in [0.05, 0.1) is 0 Å². The standard InChI is InChI=1S/C11H17N3/c1-11(8-12-6-7-13-9-11)10-4-2-3-5-14-10/h2-5,12-13H,6-9H2,1H3. The summed E-state index contributed by atoms with van der Waals surface area (Å²) in [6.45, 7) is 6.33. The van der Waals surface area contributed by atoms with Crippen molar-refractivity contribution >= 4 is 0 Å². The monoisotopic (exact) mass is 191 g/mol. The molecule has 1 saturated heterocycles. The van der Waals surface area contributed by atoms with E-state index >= 15 is 0 Å². The van der Waals surface area contributed by atoms with Crippen LogP contribution in [0.1, 0.15) is 12.6 Å². The van der Waals surface area contributed by atoms with Crippen LogP contribution < -0.4 is 10.6 Å². The Kier molecular flexibility index (Phi) is 2.79. The first-order valence-electron chi connectivity index (χ1n) is 5.14. The summed E-state index contributed by atoms with van der Waals surface area (Å²) in [7, 11) is 0. The first-order chi connectivity index (χ1) is 6.81. The molecule has 0 aromatic carbocycles. The van der Waals surface area contributed by atoms with Crippen molar-refractivity contribution in [2.75, 3.05) is 26.2 Å². The summed E-state index contributed by atoms with van der Waals surface area (Å²) in [6.07, 6.45) is 1.87. The van der Waals surface area contributed by atoms with Crippen LogP contribution in [0.2, 0.25) is 0 Å². The molecule has 2 rings (SSSR count). The molecule has 0 atom stereocenters. The molecule has 2 N–H and O–H groups in total. The maximum Gasteiger partial charge on any atom is 0.0488 e. The maximum absolute atomic E-state index is 4.44. The van der Waals surface area contributed by atoms with Gasteiger partial charge in [-0.15, -0.1) is 0 Å². The van der Waals surface area contributed by atoms with Crippen molar-refractivity contribution in [3.8, 4) is 0 Å². The number of aromatic nitrogens is 1. The van der Waals surface area contributed by atoms with E-state index in [2.05, 4.69) is 34.7 Å². The Morgan fingerprint density at radius 2 is 1.93 bits per heavy atom. The van der Waals surface area contributed by atoms with Gasteiger partial charge in [-0.3, -0.25) is 4.98 Å². The van der Waals surface area contributed by atoms with Gasteiger partial charge in [0, 0.05) is 43.5 Å². The molecule has 76 valence electrons. The molecule has 1 aliphatic heterocycles. The third-order valence-electron chi connectivity index (χ3n) is 2.79. The van der Waals surface area contributed by atoms with E-state index in [4.69, 9.17) is 0 Å². The predicted octanol–water partition coefficient (Wildman–Crippen LogP) is 0.532. The first kappa shape index (κ1) is 9.62. The highest BCUT2D eigenvalue weighted by Crippen LogP contribution is 2.20. The van der Waals surface area contributed by atoms with Crippen molar-refractivity contribution in [2.24, 2.45) is 0 Å². The fourth-order valence-electron chi connectivity index (χ4n) is 1.87. The van der Waals surface area contributed by atoms with Crippen molar-refractivity contribution < 1.29 is 0 Å². The molecule has 2 heterocycles. The minimum absolute atomic E-state index is 0.123. The Morgan fingerprint density at radius 1 is 1.21 bits per heavy atom. The van der Waals surface area contributed by atoms with Gasteiger partial charge >= 0.3 is 0 Å². The minimum atomic E-state index is 0.123. The smallest absolute Gasteiger partial charge is 0.0488 e. The van der Waals surface area contributed by atoms with Gasteiger partial charge in [0.25, 0.3) is 0 Å². The van der Waals surface area contributed by atoms with Gasteiger partial charge in [-0.05, 0) is 12.1 Å². The Bertz CT molecular complexity index is 276. The molecule has 0 spiro atoms. The van der Waals surface area contributed by atoms with E-state index in [0.717, 1.165) is 26.2 Å². The van der Waals surface area contributed by atoms with Crippen LogP contribution in [-0.2, 0) is 5.41 Å². The summed E-state index contributed by atoms with van der Waals surface area (Å²) in [5.41, 5.74) is 1.29. The van der Waals surface area contributed by atoms with Gasteiger partial charge in [-0.1, -0.05) is 13.0 Å². The fraction of sp³-hybridized carbons (Fsp3) is 0.545. The Morgan fingerprint density at radius 3 is 2.50 bits per heavy atom. The van der Waals surface area contributed by atoms with E-state index in [1.165, 1.54) is 5.69 Å². The highest BCUT2D eigenvalue weighted by atomic mass is 15.0. The number of pyridine rings is 1. The van der Waals surface area contributed by atoms with Gasteiger partial charge in [0.15, 0.2) is 0 Å². The summed E-state index contributed by atoms with van der Waals surface area (Å²) >= 11 is 0. The summed E-state index contributed by atoms with van der Waals surface area (Å²) in [6, 6.07) is 6.12. The third kappa shape index (κ3) is 1.94. The molecule has 14 heavy (non-hydrogen) atoms. The largest absolute Gasteiger partial charge is 0.314 e. The topological polar surface area (TPSA) is 37.0 Å². The summed E-state index contributed by atoms with van der Waals surface area (Å²) in [4.78, 5) is 4.44. The molecular weight excluding hydrogens is 174 g/mol. The average Bonchev–Trinajstić information content (AvgIpc) is 2.46. The van der Waals surface area contributed by atoms with Crippen molar-refractivity contribution in [2.45, 2.75) is 12.3 Å². The van der Waals surface area contributed by atoms with Crippen molar-refractivity contribution in [1.82, 2.24) is 15.6 Å². The van der Waals surface area contributed by atoms with Crippen LogP contribution in [0, 0.1) is 0 Å². The SMILES string of the molecule is CC1(c2ccccn2)CNCCNC1. The van der Waals surface area contributed by atoms with Crippen LogP contribution >= 0.6 is 0 Å². The van der Waals surface area contributed by atoms with Crippen LogP contribution in [0.15, 0.2) is 24.4 Å². The van der Waals surface area contributed by atoms with E-state index in [0.29, 0.717) is 0 Å². The predicted molar refractivity (Wildman–Crippen MR) is 57.3 cm³/mol. The molecule has 0 aliphatic carbocycles. The molecule has 0 bridgehead atoms. The first-order valence-corrected chi connectivity index (χ1v) is 5.14. The summed E-state index contributed by atoms with van der Waals surface area (Å²) in [5.74, 6) is 0. The lowest BCUT2D eigenvalue weighted by molar-refractivity contribution is 0.438. The van der Waals surface area contributed by atoms with Gasteiger partial charge in [0.2, 0.25) is 0 Å². The molecule has 1 aliphatic rings. The Labute approximate surface area is 84.9 Å². The zero-order chi connectivity index (χ0) is 9.86. The highest BCUT2D eigenvalue weighted by Gasteiger charge is 2.28. The third-order valence-corrected chi connectivity index (χ3v) is 2.79. The number of nitrogens with zero attached hydrogens (tertiary/aromatic N) is 1. The Balaban J connectivity index is 2.21. The fourth-order valence-corrected chi connectivity index (χ4v) is 1.87. The normalized spacial score (nSPS) is 21.5. The number of hydrogen-bond acceptors (Lipinski definition) is 3. The number of hydrogen-bond donors (Lipinski definition) is 2. The average molecular weight is 191 g/mol. The van der Waals surface area contributed by atoms with Crippen molar-refractivity contribution in [1.29, 1.82) is 0 Å². The molecule has 1 aromatic heterocycles. The molecule has 1 aromatic rings. The molecular formula is C11H17N3. The second kappa shape index (κ2) is 4.07. The van der Waals surface area contributed by atoms with Gasteiger partial charge in [-0.25, -0.2) is 0 Å². The van der Waals surface area contributed by atoms with Crippen molar-refractivity contribution in [3.63, 3.8) is 0 Å². The lowest BCUT2D eigenvalue weighted by Crippen LogP contribution is -2.39. The zero-order valence-electron chi connectivity index (χ0n) is 8.59. The van der Waals surface area contributed by atoms with Crippen LogP contribution in [-0.4, -0.2) is 31.2 Å². The minimum Gasteiger partial charge on any atom is -0.314 e. The van der Waals surface area contributed by atoms with Crippen LogP contribution in [0.5, 0.6) is 0 Å². The van der Waals surface area contributed by atoms with Crippen LogP contribution in [0.4, 0.5) is 0 Å². The van der Waals surface area contributed by atoms with E-state index in [1.54, 1.807) is 0 Å². The molecule has 3 nitrogen and oxygen atoms in total. The lowest BCUT2D eigenvalue weighted by Gasteiger charge is -2.27. The molecule has 3 heteroatoms. The molecule has 0 radical (unpaired) electrons. The van der Waals surface area contributed by atoms with E-state index in [-0.39, 0.29) is 5.41 Å². The second-order valence-corrected chi connectivity index (χ2v) is 4.13. The van der Waals surface area contributed by atoms with Crippen LogP contribution in [0.3, 0.4) is 0 Å². The number of rotatable bonds is 1. The van der Waals surface area contributed by atoms with Crippen LogP contribution in [0.25, 0.3) is 0 Å². The number of nitrogens with one attached hydrogen (secondary N) is 2. The second-order valence-electron chi connectivity index (χ2n) is 4.13. The van der Waals surface area contributed by atoms with E-state index in [1.807, 2.05) is 12.3 Å². The molecule has 0 unspecified atom stereocenters. The van der Waals surface area contributed by atoms with Gasteiger partial charge < -0.3 is 10.6 Å². The van der Waals surface area contributed by atoms with Gasteiger partial charge in [0.1, 0.15) is 0 Å². The van der Waals surface area contributed by atoms with E-state index in [9.17, 15) is 0 Å². The highest BCUT2D eigenvalue weighted by molar-refractivity contribution is 5.17. The Hall–Kier alpha value is -0.930. The zero-order valence-corrected chi connectivity index (χ0v) is 8.59. The summed E-state index contributed by atoms with van der Waals surface area (Å²) in [5, 5.41) is 6.87.